The van der Waals surface area contributed by atoms with Gasteiger partial charge in [0.25, 0.3) is 0 Å². The number of carboxylic acid groups (broad SMARTS) is 1. The van der Waals surface area contributed by atoms with Crippen LogP contribution >= 0.6 is 0 Å². The van der Waals surface area contributed by atoms with Gasteiger partial charge in [-0.15, -0.1) is 0 Å². The fourth-order valence-corrected chi connectivity index (χ4v) is 2.60. The van der Waals surface area contributed by atoms with E-state index in [1.54, 1.807) is 4.68 Å². The van der Waals surface area contributed by atoms with Crippen LogP contribution in [0.15, 0.2) is 12.4 Å². The molecule has 1 unspecified atom stereocenters. The van der Waals surface area contributed by atoms with Gasteiger partial charge in [-0.3, -0.25) is 9.48 Å². The lowest BCUT2D eigenvalue weighted by molar-refractivity contribution is -0.151. The first kappa shape index (κ1) is 13.1. The zero-order valence-corrected chi connectivity index (χ0v) is 11.1. The number of carboxylic acids is 1. The minimum atomic E-state index is -0.673. The van der Waals surface area contributed by atoms with E-state index in [2.05, 4.69) is 10.00 Å². The van der Waals surface area contributed by atoms with E-state index in [0.29, 0.717) is 6.54 Å². The molecule has 2 heterocycles. The Morgan fingerprint density at radius 2 is 2.39 bits per heavy atom. The summed E-state index contributed by atoms with van der Waals surface area (Å²) < 4.78 is 1.80. The van der Waals surface area contributed by atoms with Crippen LogP contribution in [0, 0.1) is 5.41 Å². The van der Waals surface area contributed by atoms with Crippen molar-refractivity contribution >= 4 is 5.97 Å². The molecule has 1 saturated heterocycles. The van der Waals surface area contributed by atoms with Gasteiger partial charge in [-0.05, 0) is 38.3 Å². The number of aromatic nitrogens is 2. The van der Waals surface area contributed by atoms with Gasteiger partial charge in [-0.25, -0.2) is 0 Å². The first-order valence-electron chi connectivity index (χ1n) is 6.43. The van der Waals surface area contributed by atoms with E-state index in [1.807, 2.05) is 26.4 Å². The van der Waals surface area contributed by atoms with E-state index >= 15 is 0 Å². The summed E-state index contributed by atoms with van der Waals surface area (Å²) in [6.45, 7) is 4.42. The highest BCUT2D eigenvalue weighted by Gasteiger charge is 2.37. The molecule has 5 heteroatoms. The molecule has 0 saturated carbocycles. The lowest BCUT2D eigenvalue weighted by Gasteiger charge is -2.37. The summed E-state index contributed by atoms with van der Waals surface area (Å²) in [6.07, 6.45) is 6.58. The molecule has 5 nitrogen and oxygen atoms in total. The Labute approximate surface area is 107 Å². The summed E-state index contributed by atoms with van der Waals surface area (Å²) >= 11 is 0. The van der Waals surface area contributed by atoms with Crippen LogP contribution in [0.1, 0.15) is 25.3 Å². The first-order chi connectivity index (χ1) is 8.49. The largest absolute Gasteiger partial charge is 0.481 e. The van der Waals surface area contributed by atoms with E-state index in [0.717, 1.165) is 32.4 Å². The van der Waals surface area contributed by atoms with Gasteiger partial charge < -0.3 is 10.0 Å². The third-order valence-corrected chi connectivity index (χ3v) is 3.77. The Balaban J connectivity index is 1.88. The number of hydrogen-bond acceptors (Lipinski definition) is 3. The fourth-order valence-electron chi connectivity index (χ4n) is 2.60. The van der Waals surface area contributed by atoms with E-state index in [9.17, 15) is 9.90 Å². The van der Waals surface area contributed by atoms with Crippen molar-refractivity contribution in [3.05, 3.63) is 18.0 Å². The maximum absolute atomic E-state index is 11.3. The van der Waals surface area contributed by atoms with Crippen LogP contribution in [0.25, 0.3) is 0 Å². The van der Waals surface area contributed by atoms with Crippen molar-refractivity contribution in [1.82, 2.24) is 14.7 Å². The summed E-state index contributed by atoms with van der Waals surface area (Å²) in [6, 6.07) is 0. The van der Waals surface area contributed by atoms with E-state index < -0.39 is 11.4 Å². The third-order valence-electron chi connectivity index (χ3n) is 3.77. The van der Waals surface area contributed by atoms with E-state index in [4.69, 9.17) is 0 Å². The molecule has 1 N–H and O–H groups in total. The van der Waals surface area contributed by atoms with Crippen molar-refractivity contribution in [3.63, 3.8) is 0 Å². The van der Waals surface area contributed by atoms with Crippen LogP contribution in [-0.2, 0) is 18.3 Å². The summed E-state index contributed by atoms with van der Waals surface area (Å²) in [4.78, 5) is 13.5. The van der Waals surface area contributed by atoms with Gasteiger partial charge in [-0.1, -0.05) is 0 Å². The quantitative estimate of drug-likeness (QED) is 0.872. The molecule has 0 spiro atoms. The second-order valence-electron chi connectivity index (χ2n) is 5.52. The number of likely N-dealkylation sites (tertiary alicyclic amines) is 1. The van der Waals surface area contributed by atoms with Crippen molar-refractivity contribution < 1.29 is 9.90 Å². The average molecular weight is 251 g/mol. The van der Waals surface area contributed by atoms with Crippen molar-refractivity contribution in [3.8, 4) is 0 Å². The lowest BCUT2D eigenvalue weighted by Crippen LogP contribution is -2.46. The maximum Gasteiger partial charge on any atom is 0.310 e. The van der Waals surface area contributed by atoms with Crippen LogP contribution in [0.2, 0.25) is 0 Å². The highest BCUT2D eigenvalue weighted by Crippen LogP contribution is 2.29. The minimum absolute atomic E-state index is 0.576. The van der Waals surface area contributed by atoms with Crippen LogP contribution in [-0.4, -0.2) is 45.4 Å². The number of aryl methyl sites for hydroxylation is 1. The van der Waals surface area contributed by atoms with Gasteiger partial charge in [-0.2, -0.15) is 5.10 Å². The topological polar surface area (TPSA) is 58.4 Å². The third kappa shape index (κ3) is 2.90. The monoisotopic (exact) mass is 251 g/mol. The van der Waals surface area contributed by atoms with Gasteiger partial charge in [0, 0.05) is 26.3 Å². The number of piperidine rings is 1. The van der Waals surface area contributed by atoms with Crippen molar-refractivity contribution in [2.45, 2.75) is 26.2 Å². The zero-order chi connectivity index (χ0) is 13.2. The molecule has 1 aliphatic heterocycles. The number of nitrogens with zero attached hydrogens (tertiary/aromatic N) is 3. The maximum atomic E-state index is 11.3. The molecule has 1 fully saturated rings. The molecule has 0 amide bonds. The summed E-state index contributed by atoms with van der Waals surface area (Å²) in [5, 5.41) is 13.4. The van der Waals surface area contributed by atoms with Crippen molar-refractivity contribution in [2.24, 2.45) is 12.5 Å². The number of carbonyl (C=O) groups is 1. The predicted molar refractivity (Wildman–Crippen MR) is 68.3 cm³/mol. The lowest BCUT2D eigenvalue weighted by atomic mass is 9.82. The molecule has 2 rings (SSSR count). The first-order valence-corrected chi connectivity index (χ1v) is 6.43. The molecule has 1 aliphatic rings. The minimum Gasteiger partial charge on any atom is -0.481 e. The summed E-state index contributed by atoms with van der Waals surface area (Å²) in [7, 11) is 1.91. The Hall–Kier alpha value is -1.36. The van der Waals surface area contributed by atoms with Crippen molar-refractivity contribution in [2.75, 3.05) is 19.6 Å². The highest BCUT2D eigenvalue weighted by atomic mass is 16.4. The molecule has 1 aromatic rings. The van der Waals surface area contributed by atoms with Gasteiger partial charge in [0.2, 0.25) is 0 Å². The Morgan fingerprint density at radius 3 is 3.00 bits per heavy atom. The molecule has 0 radical (unpaired) electrons. The Bertz CT molecular complexity index is 430. The highest BCUT2D eigenvalue weighted by molar-refractivity contribution is 5.74. The van der Waals surface area contributed by atoms with E-state index in [-0.39, 0.29) is 0 Å². The van der Waals surface area contributed by atoms with Crippen LogP contribution in [0.3, 0.4) is 0 Å². The molecule has 0 bridgehead atoms. The molecule has 0 aromatic carbocycles. The second-order valence-corrected chi connectivity index (χ2v) is 5.52. The number of hydrogen-bond donors (Lipinski definition) is 1. The second kappa shape index (κ2) is 5.10. The zero-order valence-electron chi connectivity index (χ0n) is 11.1. The Kier molecular flexibility index (Phi) is 3.71. The molecule has 1 aromatic heterocycles. The SMILES string of the molecule is Cn1cc(CCN2CCCC(C)(C(=O)O)C2)cn1. The standard InChI is InChI=1S/C13H21N3O2/c1-13(12(17)18)5-3-6-16(10-13)7-4-11-8-14-15(2)9-11/h8-9H,3-7,10H2,1-2H3,(H,17,18). The molecular formula is C13H21N3O2. The van der Waals surface area contributed by atoms with Crippen LogP contribution in [0.4, 0.5) is 0 Å². The van der Waals surface area contributed by atoms with Gasteiger partial charge >= 0.3 is 5.97 Å². The predicted octanol–water partition coefficient (Wildman–Crippen LogP) is 1.15. The van der Waals surface area contributed by atoms with Gasteiger partial charge in [0.15, 0.2) is 0 Å². The smallest absolute Gasteiger partial charge is 0.310 e. The molecule has 0 aliphatic carbocycles. The van der Waals surface area contributed by atoms with Gasteiger partial charge in [0.05, 0.1) is 11.6 Å². The van der Waals surface area contributed by atoms with Gasteiger partial charge in [0.1, 0.15) is 0 Å². The molecule has 18 heavy (non-hydrogen) atoms. The van der Waals surface area contributed by atoms with E-state index in [1.165, 1.54) is 5.56 Å². The number of aliphatic carboxylic acids is 1. The Morgan fingerprint density at radius 1 is 1.61 bits per heavy atom. The fraction of sp³-hybridized carbons (Fsp3) is 0.692. The number of rotatable bonds is 4. The average Bonchev–Trinajstić information content (AvgIpc) is 2.73. The normalized spacial score (nSPS) is 25.2. The molecule has 1 atom stereocenters. The van der Waals surface area contributed by atoms with Crippen LogP contribution in [0.5, 0.6) is 0 Å². The van der Waals surface area contributed by atoms with Crippen molar-refractivity contribution in [1.29, 1.82) is 0 Å². The molecular weight excluding hydrogens is 230 g/mol. The summed E-state index contributed by atoms with van der Waals surface area (Å²) in [5.41, 5.74) is 0.632. The molecule has 100 valence electrons. The van der Waals surface area contributed by atoms with Crippen LogP contribution < -0.4 is 0 Å². The summed E-state index contributed by atoms with van der Waals surface area (Å²) in [5.74, 6) is -0.673.